The van der Waals surface area contributed by atoms with E-state index in [0.29, 0.717) is 6.61 Å². The highest BCUT2D eigenvalue weighted by molar-refractivity contribution is 7.33. The predicted octanol–water partition coefficient (Wildman–Crippen LogP) is 3.42. The molecule has 0 radical (unpaired) electrons. The van der Waals surface area contributed by atoms with Crippen LogP contribution in [0.1, 0.15) is 45.4 Å². The van der Waals surface area contributed by atoms with E-state index in [1.165, 1.54) is 19.3 Å². The first-order valence-electron chi connectivity index (χ1n) is 5.10. The van der Waals surface area contributed by atoms with Gasteiger partial charge in [0.05, 0.1) is 0 Å². The van der Waals surface area contributed by atoms with Crippen LogP contribution >= 0.6 is 8.25 Å². The molecule has 0 bridgehead atoms. The minimum absolute atomic E-state index is 0.175. The third kappa shape index (κ3) is 4.70. The van der Waals surface area contributed by atoms with Crippen molar-refractivity contribution in [2.24, 2.45) is 0 Å². The Morgan fingerprint density at radius 3 is 2.62 bits per heavy atom. The fraction of sp³-hybridized carbons (Fsp3) is 1.00. The smallest absolute Gasteiger partial charge is 0.119 e. The average molecular weight is 205 g/mol. The highest BCUT2D eigenvalue weighted by Crippen LogP contribution is 2.32. The van der Waals surface area contributed by atoms with Crippen LogP contribution in [0.5, 0.6) is 0 Å². The van der Waals surface area contributed by atoms with Crippen molar-refractivity contribution in [3.05, 3.63) is 0 Å². The molecule has 3 nitrogen and oxygen atoms in total. The largest absolute Gasteiger partial charge is 0.697 e. The lowest BCUT2D eigenvalue weighted by Crippen LogP contribution is -2.13. The molecule has 0 amide bonds. The highest BCUT2D eigenvalue weighted by atomic mass is 31.1. The van der Waals surface area contributed by atoms with Crippen molar-refractivity contribution in [3.63, 3.8) is 0 Å². The Kier molecular flexibility index (Phi) is 5.52. The normalized spacial score (nSPS) is 20.2. The van der Waals surface area contributed by atoms with Crippen LogP contribution in [0, 0.1) is 0 Å². The molecule has 1 saturated carbocycles. The van der Waals surface area contributed by atoms with Crippen LogP contribution in [-0.2, 0) is 13.6 Å². The molecule has 1 aliphatic rings. The Bertz CT molecular complexity index is 155. The molecular weight excluding hydrogens is 187 g/mol. The third-order valence-electron chi connectivity index (χ3n) is 2.19. The van der Waals surface area contributed by atoms with Crippen molar-refractivity contribution >= 4 is 8.25 Å². The summed E-state index contributed by atoms with van der Waals surface area (Å²) in [5.74, 6) is 0. The van der Waals surface area contributed by atoms with E-state index >= 15 is 0 Å². The van der Waals surface area contributed by atoms with Crippen LogP contribution in [0.2, 0.25) is 0 Å². The molecule has 0 aromatic carbocycles. The Morgan fingerprint density at radius 2 is 2.00 bits per heavy atom. The maximum absolute atomic E-state index is 11.2. The van der Waals surface area contributed by atoms with Crippen LogP contribution < -0.4 is 0 Å². The summed E-state index contributed by atoms with van der Waals surface area (Å²) in [7, 11) is -1.86. The van der Waals surface area contributed by atoms with Crippen LogP contribution in [0.3, 0.4) is 0 Å². The zero-order valence-electron chi connectivity index (χ0n) is 8.20. The molecule has 76 valence electrons. The quantitative estimate of drug-likeness (QED) is 0.645. The molecule has 1 aliphatic carbocycles. The summed E-state index contributed by atoms with van der Waals surface area (Å²) in [6, 6.07) is 0. The van der Waals surface area contributed by atoms with E-state index in [9.17, 15) is 4.57 Å². The summed E-state index contributed by atoms with van der Waals surface area (Å²) in [5, 5.41) is 0. The van der Waals surface area contributed by atoms with Gasteiger partial charge in [-0.2, -0.15) is 0 Å². The van der Waals surface area contributed by atoms with Gasteiger partial charge in [-0.3, -0.25) is 0 Å². The van der Waals surface area contributed by atoms with Gasteiger partial charge < -0.3 is 0 Å². The topological polar surface area (TPSA) is 35.5 Å². The van der Waals surface area contributed by atoms with E-state index in [2.05, 4.69) is 0 Å². The number of hydrogen-bond acceptors (Lipinski definition) is 3. The van der Waals surface area contributed by atoms with Crippen LogP contribution in [0.15, 0.2) is 0 Å². The van der Waals surface area contributed by atoms with E-state index in [-0.39, 0.29) is 6.10 Å². The fourth-order valence-corrected chi connectivity index (χ4v) is 2.34. The van der Waals surface area contributed by atoms with Crippen molar-refractivity contribution in [1.82, 2.24) is 0 Å². The average Bonchev–Trinajstić information content (AvgIpc) is 2.16. The second-order valence-electron chi connectivity index (χ2n) is 3.42. The predicted molar refractivity (Wildman–Crippen MR) is 51.8 cm³/mol. The zero-order chi connectivity index (χ0) is 9.52. The lowest BCUT2D eigenvalue weighted by molar-refractivity contribution is 0.130. The Labute approximate surface area is 80.8 Å². The van der Waals surface area contributed by atoms with Gasteiger partial charge in [-0.25, -0.2) is 0 Å². The summed E-state index contributed by atoms with van der Waals surface area (Å²) in [5.41, 5.74) is 0. The SMILES string of the molecule is CCCO[P+](=O)OC1CCCCC1. The first kappa shape index (κ1) is 11.1. The second-order valence-corrected chi connectivity index (χ2v) is 4.34. The first-order valence-corrected chi connectivity index (χ1v) is 6.19. The summed E-state index contributed by atoms with van der Waals surface area (Å²) in [4.78, 5) is 0. The van der Waals surface area contributed by atoms with Gasteiger partial charge in [0, 0.05) is 4.57 Å². The molecule has 0 spiro atoms. The first-order chi connectivity index (χ1) is 6.33. The Hall–Kier alpha value is 0.0200. The molecule has 0 aromatic heterocycles. The van der Waals surface area contributed by atoms with Gasteiger partial charge in [-0.1, -0.05) is 26.2 Å². The van der Waals surface area contributed by atoms with Gasteiger partial charge in [-0.15, -0.1) is 9.05 Å². The molecule has 0 saturated heterocycles. The van der Waals surface area contributed by atoms with Crippen LogP contribution in [0.25, 0.3) is 0 Å². The lowest BCUT2D eigenvalue weighted by Gasteiger charge is -2.15. The maximum Gasteiger partial charge on any atom is 0.697 e. The molecule has 13 heavy (non-hydrogen) atoms. The van der Waals surface area contributed by atoms with E-state index in [4.69, 9.17) is 9.05 Å². The van der Waals surface area contributed by atoms with Gasteiger partial charge in [0.25, 0.3) is 0 Å². The van der Waals surface area contributed by atoms with Gasteiger partial charge >= 0.3 is 8.25 Å². The molecular formula is C9H18O3P+. The van der Waals surface area contributed by atoms with Crippen molar-refractivity contribution in [1.29, 1.82) is 0 Å². The molecule has 0 aromatic rings. The lowest BCUT2D eigenvalue weighted by atomic mass is 9.98. The fourth-order valence-electron chi connectivity index (χ4n) is 1.49. The van der Waals surface area contributed by atoms with E-state index in [0.717, 1.165) is 19.3 Å². The van der Waals surface area contributed by atoms with Crippen LogP contribution in [-0.4, -0.2) is 12.7 Å². The van der Waals surface area contributed by atoms with Crippen molar-refractivity contribution in [3.8, 4) is 0 Å². The third-order valence-corrected chi connectivity index (χ3v) is 3.05. The van der Waals surface area contributed by atoms with E-state index in [1.807, 2.05) is 6.92 Å². The summed E-state index contributed by atoms with van der Waals surface area (Å²) >= 11 is 0. The summed E-state index contributed by atoms with van der Waals surface area (Å²) < 4.78 is 21.4. The van der Waals surface area contributed by atoms with Gasteiger partial charge in [-0.05, 0) is 19.3 Å². The number of hydrogen-bond donors (Lipinski definition) is 0. The maximum atomic E-state index is 11.2. The van der Waals surface area contributed by atoms with Crippen molar-refractivity contribution in [2.45, 2.75) is 51.6 Å². The van der Waals surface area contributed by atoms with Crippen molar-refractivity contribution < 1.29 is 13.6 Å². The molecule has 1 rings (SSSR count). The Balaban J connectivity index is 2.11. The minimum Gasteiger partial charge on any atom is -0.119 e. The van der Waals surface area contributed by atoms with Crippen molar-refractivity contribution in [2.75, 3.05) is 6.61 Å². The number of rotatable bonds is 5. The molecule has 4 heteroatoms. The Morgan fingerprint density at radius 1 is 1.31 bits per heavy atom. The molecule has 1 atom stereocenters. The molecule has 0 N–H and O–H groups in total. The standard InChI is InChI=1S/C9H18O3P/c1-2-8-11-13(10)12-9-6-4-3-5-7-9/h9H,2-8H2,1H3/q+1. The van der Waals surface area contributed by atoms with Gasteiger partial charge in [0.2, 0.25) is 0 Å². The summed E-state index contributed by atoms with van der Waals surface area (Å²) in [6.07, 6.45) is 6.81. The molecule has 1 fully saturated rings. The monoisotopic (exact) mass is 205 g/mol. The van der Waals surface area contributed by atoms with E-state index in [1.54, 1.807) is 0 Å². The van der Waals surface area contributed by atoms with Gasteiger partial charge in [0.15, 0.2) is 0 Å². The minimum atomic E-state index is -1.86. The molecule has 0 aliphatic heterocycles. The molecule has 1 unspecified atom stereocenters. The highest BCUT2D eigenvalue weighted by Gasteiger charge is 2.27. The zero-order valence-corrected chi connectivity index (χ0v) is 9.09. The second kappa shape index (κ2) is 6.47. The van der Waals surface area contributed by atoms with E-state index < -0.39 is 8.25 Å². The summed E-state index contributed by atoms with van der Waals surface area (Å²) in [6.45, 7) is 2.52. The van der Waals surface area contributed by atoms with Crippen LogP contribution in [0.4, 0.5) is 0 Å². The molecule has 0 heterocycles. The van der Waals surface area contributed by atoms with Gasteiger partial charge in [0.1, 0.15) is 12.7 Å².